The molecule has 26 heavy (non-hydrogen) atoms. The lowest BCUT2D eigenvalue weighted by molar-refractivity contribution is -0.131. The van der Waals surface area contributed by atoms with E-state index in [0.29, 0.717) is 19.5 Å². The monoisotopic (exact) mass is 352 g/mol. The maximum atomic E-state index is 13.0. The molecule has 0 heterocycles. The minimum Gasteiger partial charge on any atom is -0.340 e. The van der Waals surface area contributed by atoms with E-state index in [0.717, 1.165) is 17.7 Å². The van der Waals surface area contributed by atoms with E-state index in [-0.39, 0.29) is 17.9 Å². The zero-order valence-electron chi connectivity index (χ0n) is 15.9. The van der Waals surface area contributed by atoms with Gasteiger partial charge in [0.2, 0.25) is 11.8 Å². The van der Waals surface area contributed by atoms with Gasteiger partial charge in [-0.2, -0.15) is 0 Å². The largest absolute Gasteiger partial charge is 0.340 e. The Morgan fingerprint density at radius 3 is 2.08 bits per heavy atom. The van der Waals surface area contributed by atoms with Crippen molar-refractivity contribution in [2.24, 2.45) is 0 Å². The van der Waals surface area contributed by atoms with Gasteiger partial charge in [-0.05, 0) is 31.0 Å². The van der Waals surface area contributed by atoms with Gasteiger partial charge in [0.15, 0.2) is 0 Å². The molecule has 0 radical (unpaired) electrons. The van der Waals surface area contributed by atoms with Crippen LogP contribution in [0.2, 0.25) is 0 Å². The minimum absolute atomic E-state index is 0.0153. The number of rotatable bonds is 8. The van der Waals surface area contributed by atoms with Crippen LogP contribution in [-0.2, 0) is 16.1 Å². The Kier molecular flexibility index (Phi) is 7.39. The van der Waals surface area contributed by atoms with E-state index in [4.69, 9.17) is 0 Å². The summed E-state index contributed by atoms with van der Waals surface area (Å²) in [5, 5.41) is 0. The third-order valence-corrected chi connectivity index (χ3v) is 4.65. The Morgan fingerprint density at radius 1 is 0.962 bits per heavy atom. The van der Waals surface area contributed by atoms with Crippen LogP contribution in [0.5, 0.6) is 0 Å². The van der Waals surface area contributed by atoms with Gasteiger partial charge in [0.05, 0.1) is 6.54 Å². The summed E-state index contributed by atoms with van der Waals surface area (Å²) in [5.41, 5.74) is 1.95. The van der Waals surface area contributed by atoms with Crippen molar-refractivity contribution >= 4 is 17.5 Å². The second-order valence-electron chi connectivity index (χ2n) is 6.52. The first kappa shape index (κ1) is 19.7. The first-order valence-corrected chi connectivity index (χ1v) is 9.19. The molecule has 0 saturated heterocycles. The second kappa shape index (κ2) is 9.76. The third-order valence-electron chi connectivity index (χ3n) is 4.65. The smallest absolute Gasteiger partial charge is 0.229 e. The summed E-state index contributed by atoms with van der Waals surface area (Å²) in [5.74, 6) is 0.0380. The Hall–Kier alpha value is -2.62. The van der Waals surface area contributed by atoms with E-state index < -0.39 is 0 Å². The highest BCUT2D eigenvalue weighted by atomic mass is 16.2. The molecule has 2 rings (SSSR count). The van der Waals surface area contributed by atoms with Gasteiger partial charge in [-0.3, -0.25) is 9.59 Å². The molecule has 0 aliphatic rings. The fraction of sp³-hybridized carbons (Fsp3) is 0.364. The van der Waals surface area contributed by atoms with Crippen molar-refractivity contribution in [1.29, 1.82) is 0 Å². The average molecular weight is 352 g/mol. The number of hydrogen-bond acceptors (Lipinski definition) is 2. The summed E-state index contributed by atoms with van der Waals surface area (Å²) < 4.78 is 0. The molecule has 2 aromatic carbocycles. The molecule has 138 valence electrons. The lowest BCUT2D eigenvalue weighted by Crippen LogP contribution is -2.40. The van der Waals surface area contributed by atoms with Crippen molar-refractivity contribution in [3.8, 4) is 0 Å². The van der Waals surface area contributed by atoms with Crippen LogP contribution in [0.4, 0.5) is 5.69 Å². The number of para-hydroxylation sites is 1. The summed E-state index contributed by atoms with van der Waals surface area (Å²) in [6, 6.07) is 19.8. The van der Waals surface area contributed by atoms with Crippen molar-refractivity contribution in [1.82, 2.24) is 4.90 Å². The fourth-order valence-corrected chi connectivity index (χ4v) is 2.96. The molecule has 0 fully saturated rings. The molecule has 2 aromatic rings. The molecule has 2 amide bonds. The van der Waals surface area contributed by atoms with Gasteiger partial charge in [0.1, 0.15) is 0 Å². The number of amides is 2. The topological polar surface area (TPSA) is 40.6 Å². The number of benzene rings is 2. The number of hydrogen-bond donors (Lipinski definition) is 0. The van der Waals surface area contributed by atoms with Gasteiger partial charge in [0.25, 0.3) is 0 Å². The van der Waals surface area contributed by atoms with Crippen molar-refractivity contribution in [2.45, 2.75) is 46.2 Å². The van der Waals surface area contributed by atoms with Gasteiger partial charge < -0.3 is 9.80 Å². The lowest BCUT2D eigenvalue weighted by atomic mass is 10.1. The van der Waals surface area contributed by atoms with Crippen LogP contribution in [-0.4, -0.2) is 29.3 Å². The van der Waals surface area contributed by atoms with Crippen LogP contribution in [0.1, 0.15) is 39.2 Å². The molecule has 0 aromatic heterocycles. The predicted octanol–water partition coefficient (Wildman–Crippen LogP) is 4.26. The first-order chi connectivity index (χ1) is 12.5. The quantitative estimate of drug-likeness (QED) is 0.712. The zero-order valence-corrected chi connectivity index (χ0v) is 15.9. The zero-order chi connectivity index (χ0) is 18.9. The van der Waals surface area contributed by atoms with Gasteiger partial charge >= 0.3 is 0 Å². The Bertz CT molecular complexity index is 701. The molecule has 4 heteroatoms. The molecule has 1 atom stereocenters. The van der Waals surface area contributed by atoms with Crippen molar-refractivity contribution in [2.75, 3.05) is 11.4 Å². The Morgan fingerprint density at radius 2 is 1.54 bits per heavy atom. The van der Waals surface area contributed by atoms with E-state index in [2.05, 4.69) is 0 Å². The molecule has 0 aliphatic carbocycles. The van der Waals surface area contributed by atoms with Crippen LogP contribution >= 0.6 is 0 Å². The van der Waals surface area contributed by atoms with Gasteiger partial charge in [0, 0.05) is 31.6 Å². The number of carbonyl (C=O) groups is 2. The van der Waals surface area contributed by atoms with E-state index in [1.807, 2.05) is 74.5 Å². The number of nitrogens with zero attached hydrogens (tertiary/aromatic N) is 2. The predicted molar refractivity (Wildman–Crippen MR) is 106 cm³/mol. The molecular formula is C22H28N2O2. The molecular weight excluding hydrogens is 324 g/mol. The van der Waals surface area contributed by atoms with Crippen LogP contribution < -0.4 is 4.90 Å². The maximum absolute atomic E-state index is 13.0. The summed E-state index contributed by atoms with van der Waals surface area (Å²) in [4.78, 5) is 28.4. The second-order valence-corrected chi connectivity index (χ2v) is 6.52. The highest BCUT2D eigenvalue weighted by Gasteiger charge is 2.20. The van der Waals surface area contributed by atoms with Gasteiger partial charge in [-0.15, -0.1) is 0 Å². The molecule has 1 unspecified atom stereocenters. The summed E-state index contributed by atoms with van der Waals surface area (Å²) >= 11 is 0. The van der Waals surface area contributed by atoms with Crippen LogP contribution in [0.25, 0.3) is 0 Å². The molecule has 0 bridgehead atoms. The lowest BCUT2D eigenvalue weighted by Gasteiger charge is -2.29. The molecule has 0 N–H and O–H groups in total. The Balaban J connectivity index is 2.14. The number of carbonyl (C=O) groups excluding carboxylic acids is 2. The molecule has 0 spiro atoms. The van der Waals surface area contributed by atoms with Crippen molar-refractivity contribution in [3.63, 3.8) is 0 Å². The number of anilines is 1. The minimum atomic E-state index is 0.0153. The SMILES string of the molecule is CCC(C)N(CCC(=O)N(Cc1ccccc1)c1ccccc1)C(C)=O. The van der Waals surface area contributed by atoms with Gasteiger partial charge in [-0.1, -0.05) is 55.5 Å². The van der Waals surface area contributed by atoms with E-state index in [9.17, 15) is 9.59 Å². The highest BCUT2D eigenvalue weighted by molar-refractivity contribution is 5.93. The van der Waals surface area contributed by atoms with Gasteiger partial charge in [-0.25, -0.2) is 0 Å². The van der Waals surface area contributed by atoms with E-state index >= 15 is 0 Å². The van der Waals surface area contributed by atoms with E-state index in [1.165, 1.54) is 0 Å². The van der Waals surface area contributed by atoms with Crippen LogP contribution in [0.15, 0.2) is 60.7 Å². The highest BCUT2D eigenvalue weighted by Crippen LogP contribution is 2.18. The fourth-order valence-electron chi connectivity index (χ4n) is 2.96. The van der Waals surface area contributed by atoms with Crippen molar-refractivity contribution in [3.05, 3.63) is 66.2 Å². The van der Waals surface area contributed by atoms with Crippen LogP contribution in [0, 0.1) is 0 Å². The standard InChI is InChI=1S/C22H28N2O2/c1-4-18(2)23(19(3)25)16-15-22(26)24(21-13-9-6-10-14-21)17-20-11-7-5-8-12-20/h5-14,18H,4,15-17H2,1-3H3. The Labute approximate surface area is 156 Å². The summed E-state index contributed by atoms with van der Waals surface area (Å²) in [6.45, 7) is 6.60. The maximum Gasteiger partial charge on any atom is 0.229 e. The molecule has 0 saturated carbocycles. The first-order valence-electron chi connectivity index (χ1n) is 9.19. The third kappa shape index (κ3) is 5.45. The van der Waals surface area contributed by atoms with Crippen molar-refractivity contribution < 1.29 is 9.59 Å². The van der Waals surface area contributed by atoms with Crippen LogP contribution in [0.3, 0.4) is 0 Å². The average Bonchev–Trinajstić information content (AvgIpc) is 2.67. The molecule has 0 aliphatic heterocycles. The summed E-state index contributed by atoms with van der Waals surface area (Å²) in [6.07, 6.45) is 1.19. The van der Waals surface area contributed by atoms with E-state index in [1.54, 1.807) is 16.7 Å². The normalized spacial score (nSPS) is 11.7. The summed E-state index contributed by atoms with van der Waals surface area (Å²) in [7, 11) is 0. The molecule has 4 nitrogen and oxygen atoms in total.